The Labute approximate surface area is 121 Å². The number of nitriles is 1. The van der Waals surface area contributed by atoms with Crippen molar-refractivity contribution in [2.75, 3.05) is 11.9 Å². The molecule has 1 aliphatic rings. The fourth-order valence-electron chi connectivity index (χ4n) is 2.83. The monoisotopic (exact) mass is 272 g/mol. The van der Waals surface area contributed by atoms with Crippen molar-refractivity contribution in [2.45, 2.75) is 57.9 Å². The molecule has 1 aliphatic carbocycles. The SMILES string of the molecule is CCC(CC)(CN)Nc1nc2c(cc1C#N)CCCC2. The van der Waals surface area contributed by atoms with Crippen LogP contribution in [0.15, 0.2) is 6.07 Å². The van der Waals surface area contributed by atoms with Gasteiger partial charge < -0.3 is 11.1 Å². The van der Waals surface area contributed by atoms with Crippen molar-refractivity contribution in [3.05, 3.63) is 22.9 Å². The smallest absolute Gasteiger partial charge is 0.144 e. The van der Waals surface area contributed by atoms with Gasteiger partial charge in [0.2, 0.25) is 0 Å². The first kappa shape index (κ1) is 14.8. The van der Waals surface area contributed by atoms with Crippen molar-refractivity contribution < 1.29 is 0 Å². The molecule has 0 bridgehead atoms. The zero-order chi connectivity index (χ0) is 14.6. The van der Waals surface area contributed by atoms with Crippen LogP contribution in [0, 0.1) is 11.3 Å². The maximum atomic E-state index is 9.37. The van der Waals surface area contributed by atoms with Crippen molar-refractivity contribution in [1.29, 1.82) is 5.26 Å². The molecule has 0 saturated heterocycles. The number of nitrogens with one attached hydrogen (secondary N) is 1. The molecule has 1 aromatic heterocycles. The van der Waals surface area contributed by atoms with Gasteiger partial charge in [0, 0.05) is 12.2 Å². The summed E-state index contributed by atoms with van der Waals surface area (Å²) in [5.74, 6) is 0.710. The first-order valence-corrected chi connectivity index (χ1v) is 7.59. The largest absolute Gasteiger partial charge is 0.362 e. The second kappa shape index (κ2) is 6.23. The molecule has 0 radical (unpaired) electrons. The summed E-state index contributed by atoms with van der Waals surface area (Å²) in [4.78, 5) is 4.72. The minimum atomic E-state index is -0.165. The van der Waals surface area contributed by atoms with Crippen LogP contribution < -0.4 is 11.1 Å². The van der Waals surface area contributed by atoms with Crippen LogP contribution in [0.3, 0.4) is 0 Å². The fourth-order valence-corrected chi connectivity index (χ4v) is 2.83. The maximum absolute atomic E-state index is 9.37. The lowest BCUT2D eigenvalue weighted by atomic mass is 9.91. The molecule has 0 unspecified atom stereocenters. The molecule has 2 rings (SSSR count). The van der Waals surface area contributed by atoms with Crippen molar-refractivity contribution >= 4 is 5.82 Å². The minimum Gasteiger partial charge on any atom is -0.362 e. The zero-order valence-electron chi connectivity index (χ0n) is 12.5. The van der Waals surface area contributed by atoms with E-state index in [-0.39, 0.29) is 5.54 Å². The van der Waals surface area contributed by atoms with Gasteiger partial charge in [0.05, 0.1) is 11.1 Å². The van der Waals surface area contributed by atoms with Gasteiger partial charge in [-0.2, -0.15) is 5.26 Å². The molecule has 4 nitrogen and oxygen atoms in total. The Morgan fingerprint density at radius 1 is 1.35 bits per heavy atom. The topological polar surface area (TPSA) is 74.7 Å². The molecule has 108 valence electrons. The number of hydrogen-bond acceptors (Lipinski definition) is 4. The molecule has 1 heterocycles. The summed E-state index contributed by atoms with van der Waals surface area (Å²) in [5.41, 5.74) is 8.80. The van der Waals surface area contributed by atoms with Gasteiger partial charge in [-0.05, 0) is 50.2 Å². The number of anilines is 1. The predicted octanol–water partition coefficient (Wildman–Crippen LogP) is 2.76. The maximum Gasteiger partial charge on any atom is 0.144 e. The molecular weight excluding hydrogens is 248 g/mol. The number of nitrogens with zero attached hydrogens (tertiary/aromatic N) is 2. The third kappa shape index (κ3) is 2.78. The molecule has 0 atom stereocenters. The van der Waals surface area contributed by atoms with Gasteiger partial charge >= 0.3 is 0 Å². The normalized spacial score (nSPS) is 14.5. The Bertz CT molecular complexity index is 504. The van der Waals surface area contributed by atoms with Crippen molar-refractivity contribution in [3.63, 3.8) is 0 Å². The van der Waals surface area contributed by atoms with E-state index in [1.807, 2.05) is 6.07 Å². The van der Waals surface area contributed by atoms with Gasteiger partial charge in [-0.1, -0.05) is 13.8 Å². The van der Waals surface area contributed by atoms with Crippen LogP contribution >= 0.6 is 0 Å². The highest BCUT2D eigenvalue weighted by atomic mass is 15.1. The molecule has 0 aliphatic heterocycles. The van der Waals surface area contributed by atoms with E-state index in [0.29, 0.717) is 17.9 Å². The standard InChI is InChI=1S/C16H24N4/c1-3-16(4-2,11-18)20-15-13(10-17)9-12-7-5-6-8-14(12)19-15/h9H,3-8,11,18H2,1-2H3,(H,19,20). The predicted molar refractivity (Wildman–Crippen MR) is 81.6 cm³/mol. The fraction of sp³-hybridized carbons (Fsp3) is 0.625. The van der Waals surface area contributed by atoms with Crippen molar-refractivity contribution in [1.82, 2.24) is 4.98 Å². The van der Waals surface area contributed by atoms with Gasteiger partial charge in [0.1, 0.15) is 11.9 Å². The molecule has 0 spiro atoms. The van der Waals surface area contributed by atoms with E-state index < -0.39 is 0 Å². The lowest BCUT2D eigenvalue weighted by Crippen LogP contribution is -2.45. The Balaban J connectivity index is 2.38. The summed E-state index contributed by atoms with van der Waals surface area (Å²) in [5, 5.41) is 12.8. The van der Waals surface area contributed by atoms with Crippen LogP contribution in [0.25, 0.3) is 0 Å². The third-order valence-corrected chi connectivity index (χ3v) is 4.55. The number of hydrogen-bond donors (Lipinski definition) is 2. The Kier molecular flexibility index (Phi) is 4.61. The van der Waals surface area contributed by atoms with E-state index in [1.54, 1.807) is 0 Å². The lowest BCUT2D eigenvalue weighted by molar-refractivity contribution is 0.443. The van der Waals surface area contributed by atoms with Gasteiger partial charge in [-0.25, -0.2) is 4.98 Å². The Hall–Kier alpha value is -1.60. The highest BCUT2D eigenvalue weighted by molar-refractivity contribution is 5.56. The quantitative estimate of drug-likeness (QED) is 0.864. The number of aromatic nitrogens is 1. The molecular formula is C16H24N4. The number of pyridine rings is 1. The summed E-state index contributed by atoms with van der Waals surface area (Å²) < 4.78 is 0. The second-order valence-electron chi connectivity index (χ2n) is 5.63. The summed E-state index contributed by atoms with van der Waals surface area (Å²) in [6, 6.07) is 4.29. The molecule has 0 aromatic carbocycles. The second-order valence-corrected chi connectivity index (χ2v) is 5.63. The van der Waals surface area contributed by atoms with Crippen LogP contribution in [-0.4, -0.2) is 17.1 Å². The third-order valence-electron chi connectivity index (χ3n) is 4.55. The Morgan fingerprint density at radius 2 is 2.05 bits per heavy atom. The van der Waals surface area contributed by atoms with Crippen LogP contribution in [0.2, 0.25) is 0 Å². The van der Waals surface area contributed by atoms with E-state index in [0.717, 1.165) is 31.4 Å². The van der Waals surface area contributed by atoms with Crippen molar-refractivity contribution in [3.8, 4) is 6.07 Å². The number of rotatable bonds is 5. The molecule has 0 amide bonds. The first-order chi connectivity index (χ1) is 9.68. The molecule has 0 saturated carbocycles. The van der Waals surface area contributed by atoms with Crippen LogP contribution in [0.4, 0.5) is 5.82 Å². The number of fused-ring (bicyclic) bond motifs is 1. The minimum absolute atomic E-state index is 0.165. The number of nitrogens with two attached hydrogens (primary N) is 1. The Morgan fingerprint density at radius 3 is 2.65 bits per heavy atom. The highest BCUT2D eigenvalue weighted by Gasteiger charge is 2.26. The van der Waals surface area contributed by atoms with E-state index in [4.69, 9.17) is 10.7 Å². The summed E-state index contributed by atoms with van der Waals surface area (Å²) >= 11 is 0. The molecule has 4 heteroatoms. The average Bonchev–Trinajstić information content (AvgIpc) is 2.52. The highest BCUT2D eigenvalue weighted by Crippen LogP contribution is 2.27. The van der Waals surface area contributed by atoms with E-state index in [2.05, 4.69) is 25.2 Å². The van der Waals surface area contributed by atoms with Crippen LogP contribution in [0.1, 0.15) is 56.4 Å². The van der Waals surface area contributed by atoms with E-state index in [9.17, 15) is 5.26 Å². The summed E-state index contributed by atoms with van der Waals surface area (Å²) in [6.45, 7) is 4.78. The first-order valence-electron chi connectivity index (χ1n) is 7.59. The van der Waals surface area contributed by atoms with E-state index in [1.165, 1.54) is 18.4 Å². The lowest BCUT2D eigenvalue weighted by Gasteiger charge is -2.33. The molecule has 3 N–H and O–H groups in total. The van der Waals surface area contributed by atoms with Gasteiger partial charge in [0.25, 0.3) is 0 Å². The summed E-state index contributed by atoms with van der Waals surface area (Å²) in [7, 11) is 0. The molecule has 0 fully saturated rings. The van der Waals surface area contributed by atoms with Crippen LogP contribution in [0.5, 0.6) is 0 Å². The van der Waals surface area contributed by atoms with Gasteiger partial charge in [-0.3, -0.25) is 0 Å². The average molecular weight is 272 g/mol. The summed E-state index contributed by atoms with van der Waals surface area (Å²) in [6.07, 6.45) is 6.29. The van der Waals surface area contributed by atoms with Gasteiger partial charge in [0.15, 0.2) is 0 Å². The molecule has 1 aromatic rings. The number of aryl methyl sites for hydroxylation is 2. The van der Waals surface area contributed by atoms with Gasteiger partial charge in [-0.15, -0.1) is 0 Å². The van der Waals surface area contributed by atoms with E-state index >= 15 is 0 Å². The van der Waals surface area contributed by atoms with Crippen molar-refractivity contribution in [2.24, 2.45) is 5.73 Å². The zero-order valence-corrected chi connectivity index (χ0v) is 12.5. The molecule has 20 heavy (non-hydrogen) atoms. The van der Waals surface area contributed by atoms with Crippen LogP contribution in [-0.2, 0) is 12.8 Å².